The first-order valence-corrected chi connectivity index (χ1v) is 9.21. The number of aromatic nitrogens is 1. The predicted molar refractivity (Wildman–Crippen MR) is 109 cm³/mol. The van der Waals surface area contributed by atoms with E-state index in [2.05, 4.69) is 9.98 Å². The van der Waals surface area contributed by atoms with E-state index in [9.17, 15) is 0 Å². The molecule has 5 rings (SSSR count). The lowest BCUT2D eigenvalue weighted by Gasteiger charge is -1.99. The normalized spacial score (nSPS) is 12.9. The molecule has 1 aliphatic rings. The molecule has 0 unspecified atom stereocenters. The van der Waals surface area contributed by atoms with E-state index < -0.39 is 0 Å². The number of nitrogens with zero attached hydrogens (tertiary/aromatic N) is 2. The van der Waals surface area contributed by atoms with Gasteiger partial charge in [0.2, 0.25) is 12.7 Å². The van der Waals surface area contributed by atoms with Crippen molar-refractivity contribution in [1.82, 2.24) is 4.98 Å². The van der Waals surface area contributed by atoms with Gasteiger partial charge in [-0.1, -0.05) is 23.2 Å². The molecule has 0 aliphatic carbocycles. The summed E-state index contributed by atoms with van der Waals surface area (Å²) in [6, 6.07) is 16.4. The summed E-state index contributed by atoms with van der Waals surface area (Å²) < 4.78 is 16.5. The molecule has 0 fully saturated rings. The Morgan fingerprint density at radius 2 is 1.82 bits per heavy atom. The van der Waals surface area contributed by atoms with Crippen LogP contribution in [0.4, 0.5) is 5.69 Å². The van der Waals surface area contributed by atoms with Gasteiger partial charge in [0, 0.05) is 11.2 Å². The Bertz CT molecular complexity index is 1230. The number of hydrogen-bond donors (Lipinski definition) is 0. The molecule has 0 saturated carbocycles. The molecule has 1 aliphatic heterocycles. The highest BCUT2D eigenvalue weighted by molar-refractivity contribution is 6.35. The van der Waals surface area contributed by atoms with Crippen molar-refractivity contribution in [3.05, 3.63) is 70.2 Å². The van der Waals surface area contributed by atoms with Gasteiger partial charge in [-0.3, -0.25) is 4.99 Å². The van der Waals surface area contributed by atoms with Gasteiger partial charge in [0.15, 0.2) is 17.1 Å². The molecule has 0 radical (unpaired) electrons. The van der Waals surface area contributed by atoms with E-state index in [0.717, 1.165) is 22.7 Å². The summed E-state index contributed by atoms with van der Waals surface area (Å²) in [5.74, 6) is 1.88. The van der Waals surface area contributed by atoms with Crippen LogP contribution in [0.3, 0.4) is 0 Å². The van der Waals surface area contributed by atoms with Crippen LogP contribution in [-0.4, -0.2) is 18.0 Å². The maximum absolute atomic E-state index is 6.25. The van der Waals surface area contributed by atoms with Crippen LogP contribution in [-0.2, 0) is 0 Å². The number of hydrogen-bond acceptors (Lipinski definition) is 5. The number of aliphatic imine (C=N–C) groups is 1. The van der Waals surface area contributed by atoms with Gasteiger partial charge >= 0.3 is 0 Å². The molecule has 0 spiro atoms. The zero-order valence-corrected chi connectivity index (χ0v) is 15.9. The molecule has 28 heavy (non-hydrogen) atoms. The minimum Gasteiger partial charge on any atom is -0.454 e. The fourth-order valence-corrected chi connectivity index (χ4v) is 3.29. The van der Waals surface area contributed by atoms with Crippen molar-refractivity contribution in [3.63, 3.8) is 0 Å². The highest BCUT2D eigenvalue weighted by Crippen LogP contribution is 2.34. The second-order valence-electron chi connectivity index (χ2n) is 6.17. The molecule has 0 amide bonds. The van der Waals surface area contributed by atoms with Gasteiger partial charge < -0.3 is 13.9 Å². The van der Waals surface area contributed by atoms with E-state index in [0.29, 0.717) is 32.6 Å². The third-order valence-electron chi connectivity index (χ3n) is 4.29. The summed E-state index contributed by atoms with van der Waals surface area (Å²) in [6.07, 6.45) is 1.76. The van der Waals surface area contributed by atoms with Crippen molar-refractivity contribution < 1.29 is 13.9 Å². The van der Waals surface area contributed by atoms with Crippen molar-refractivity contribution in [2.45, 2.75) is 0 Å². The van der Waals surface area contributed by atoms with Crippen LogP contribution in [0.15, 0.2) is 64.0 Å². The summed E-state index contributed by atoms with van der Waals surface area (Å²) in [7, 11) is 0. The first-order valence-electron chi connectivity index (χ1n) is 8.45. The van der Waals surface area contributed by atoms with Crippen LogP contribution >= 0.6 is 23.2 Å². The quantitative estimate of drug-likeness (QED) is 0.372. The standard InChI is InChI=1S/C21H12Cl2N2O3/c22-13-2-4-16(23)15(8-13)21-25-17-9-14(3-6-18(17)28-21)24-10-12-1-5-19-20(7-12)27-11-26-19/h1-10H,11H2. The van der Waals surface area contributed by atoms with Gasteiger partial charge in [-0.15, -0.1) is 0 Å². The minimum absolute atomic E-state index is 0.248. The van der Waals surface area contributed by atoms with Crippen LogP contribution in [0.25, 0.3) is 22.6 Å². The van der Waals surface area contributed by atoms with Gasteiger partial charge in [-0.25, -0.2) is 4.98 Å². The van der Waals surface area contributed by atoms with Crippen LogP contribution in [0.5, 0.6) is 11.5 Å². The molecule has 0 saturated heterocycles. The van der Waals surface area contributed by atoms with Gasteiger partial charge in [-0.05, 0) is 60.2 Å². The van der Waals surface area contributed by atoms with Crippen molar-refractivity contribution >= 4 is 46.2 Å². The average Bonchev–Trinajstić information content (AvgIpc) is 3.33. The van der Waals surface area contributed by atoms with Crippen molar-refractivity contribution in [1.29, 1.82) is 0 Å². The van der Waals surface area contributed by atoms with Crippen molar-refractivity contribution in [2.24, 2.45) is 4.99 Å². The Hall–Kier alpha value is -3.02. The zero-order valence-electron chi connectivity index (χ0n) is 14.4. The van der Waals surface area contributed by atoms with Crippen LogP contribution in [0.1, 0.15) is 5.56 Å². The minimum atomic E-state index is 0.248. The van der Waals surface area contributed by atoms with Crippen LogP contribution in [0.2, 0.25) is 10.0 Å². The van der Waals surface area contributed by atoms with E-state index in [1.807, 2.05) is 36.4 Å². The molecule has 138 valence electrons. The van der Waals surface area contributed by atoms with Crippen molar-refractivity contribution in [3.8, 4) is 23.0 Å². The fraction of sp³-hybridized carbons (Fsp3) is 0.0476. The maximum Gasteiger partial charge on any atom is 0.231 e. The second kappa shape index (κ2) is 6.86. The Balaban J connectivity index is 1.46. The van der Waals surface area contributed by atoms with Gasteiger partial charge in [0.25, 0.3) is 0 Å². The molecular formula is C21H12Cl2N2O3. The molecule has 4 aromatic rings. The van der Waals surface area contributed by atoms with Crippen LogP contribution in [0, 0.1) is 0 Å². The smallest absolute Gasteiger partial charge is 0.231 e. The summed E-state index contributed by atoms with van der Waals surface area (Å²) in [4.78, 5) is 9.04. The second-order valence-corrected chi connectivity index (χ2v) is 7.01. The van der Waals surface area contributed by atoms with E-state index in [1.165, 1.54) is 0 Å². The number of ether oxygens (including phenoxy) is 2. The van der Waals surface area contributed by atoms with Gasteiger partial charge in [0.1, 0.15) is 5.52 Å². The van der Waals surface area contributed by atoms with Gasteiger partial charge in [0.05, 0.1) is 16.3 Å². The highest BCUT2D eigenvalue weighted by atomic mass is 35.5. The Morgan fingerprint density at radius 3 is 2.75 bits per heavy atom. The first kappa shape index (κ1) is 17.1. The number of fused-ring (bicyclic) bond motifs is 2. The van der Waals surface area contributed by atoms with Gasteiger partial charge in [-0.2, -0.15) is 0 Å². The van der Waals surface area contributed by atoms with E-state index >= 15 is 0 Å². The molecule has 0 N–H and O–H groups in total. The number of benzene rings is 3. The largest absolute Gasteiger partial charge is 0.454 e. The lowest BCUT2D eigenvalue weighted by molar-refractivity contribution is 0.174. The summed E-state index contributed by atoms with van der Waals surface area (Å²) >= 11 is 12.3. The molecule has 0 atom stereocenters. The van der Waals surface area contributed by atoms with Crippen LogP contribution < -0.4 is 9.47 Å². The zero-order chi connectivity index (χ0) is 19.1. The van der Waals surface area contributed by atoms with Crippen molar-refractivity contribution in [2.75, 3.05) is 6.79 Å². The topological polar surface area (TPSA) is 56.9 Å². The Labute approximate surface area is 170 Å². The molecule has 1 aromatic heterocycles. The molecule has 2 heterocycles. The number of oxazole rings is 1. The Kier molecular flexibility index (Phi) is 4.19. The molecule has 5 nitrogen and oxygen atoms in total. The maximum atomic E-state index is 6.25. The molecular weight excluding hydrogens is 399 g/mol. The predicted octanol–water partition coefficient (Wildman–Crippen LogP) is 6.28. The highest BCUT2D eigenvalue weighted by Gasteiger charge is 2.14. The lowest BCUT2D eigenvalue weighted by Crippen LogP contribution is -1.92. The van der Waals surface area contributed by atoms with E-state index in [4.69, 9.17) is 37.1 Å². The van der Waals surface area contributed by atoms with E-state index in [1.54, 1.807) is 24.4 Å². The summed E-state index contributed by atoms with van der Waals surface area (Å²) in [6.45, 7) is 0.248. The first-order chi connectivity index (χ1) is 13.7. The monoisotopic (exact) mass is 410 g/mol. The fourth-order valence-electron chi connectivity index (χ4n) is 2.92. The average molecular weight is 411 g/mol. The third-order valence-corrected chi connectivity index (χ3v) is 4.85. The molecule has 7 heteroatoms. The number of rotatable bonds is 3. The molecule has 3 aromatic carbocycles. The number of halogens is 2. The third kappa shape index (κ3) is 3.19. The van der Waals surface area contributed by atoms with E-state index in [-0.39, 0.29) is 6.79 Å². The summed E-state index contributed by atoms with van der Waals surface area (Å²) in [5.41, 5.74) is 3.65. The lowest BCUT2D eigenvalue weighted by atomic mass is 10.2. The SMILES string of the molecule is Clc1ccc(Cl)c(-c2nc3cc(N=Cc4ccc5c(c4)OCO5)ccc3o2)c1. The molecule has 0 bridgehead atoms. The Morgan fingerprint density at radius 1 is 0.929 bits per heavy atom. The summed E-state index contributed by atoms with van der Waals surface area (Å²) in [5, 5.41) is 1.09.